The highest BCUT2D eigenvalue weighted by Gasteiger charge is 1.94. The van der Waals surface area contributed by atoms with E-state index in [0.717, 1.165) is 0 Å². The van der Waals surface area contributed by atoms with E-state index in [2.05, 4.69) is 0 Å². The minimum atomic E-state index is -0.745. The SMILES string of the molecule is CC(=O)C(C)=O.CCC(=O)O. The molecule has 0 aromatic rings. The van der Waals surface area contributed by atoms with Crippen LogP contribution in [0.3, 0.4) is 0 Å². The molecule has 0 fully saturated rings. The van der Waals surface area contributed by atoms with Crippen LogP contribution < -0.4 is 0 Å². The van der Waals surface area contributed by atoms with Gasteiger partial charge in [-0.2, -0.15) is 0 Å². The fourth-order valence-corrected chi connectivity index (χ4v) is 0. The highest BCUT2D eigenvalue weighted by molar-refractivity contribution is 6.35. The van der Waals surface area contributed by atoms with Crippen molar-refractivity contribution < 1.29 is 19.5 Å². The maximum Gasteiger partial charge on any atom is 0.303 e. The van der Waals surface area contributed by atoms with E-state index in [1.165, 1.54) is 13.8 Å². The lowest BCUT2D eigenvalue weighted by Crippen LogP contribution is -2.01. The van der Waals surface area contributed by atoms with Gasteiger partial charge in [0.1, 0.15) is 0 Å². The molecule has 4 heteroatoms. The van der Waals surface area contributed by atoms with Crippen LogP contribution in [-0.4, -0.2) is 22.6 Å². The van der Waals surface area contributed by atoms with Crippen molar-refractivity contribution in [3.8, 4) is 0 Å². The molecule has 0 aliphatic carbocycles. The largest absolute Gasteiger partial charge is 0.481 e. The summed E-state index contributed by atoms with van der Waals surface area (Å²) >= 11 is 0. The van der Waals surface area contributed by atoms with Crippen molar-refractivity contribution in [2.24, 2.45) is 0 Å². The lowest BCUT2D eigenvalue weighted by molar-refractivity contribution is -0.136. The van der Waals surface area contributed by atoms with Crippen LogP contribution in [0.4, 0.5) is 0 Å². The number of Topliss-reactive ketones (excluding diaryl/α,β-unsaturated/α-hetero) is 2. The van der Waals surface area contributed by atoms with Gasteiger partial charge in [0.2, 0.25) is 0 Å². The van der Waals surface area contributed by atoms with Crippen molar-refractivity contribution in [2.75, 3.05) is 0 Å². The van der Waals surface area contributed by atoms with E-state index in [1.54, 1.807) is 6.92 Å². The van der Waals surface area contributed by atoms with E-state index >= 15 is 0 Å². The summed E-state index contributed by atoms with van der Waals surface area (Å²) in [6, 6.07) is 0. The minimum Gasteiger partial charge on any atom is -0.481 e. The van der Waals surface area contributed by atoms with Crippen molar-refractivity contribution >= 4 is 17.5 Å². The number of aliphatic carboxylic acids is 1. The van der Waals surface area contributed by atoms with E-state index in [1.807, 2.05) is 0 Å². The molecule has 0 amide bonds. The molecule has 0 atom stereocenters. The zero-order valence-corrected chi connectivity index (χ0v) is 6.88. The van der Waals surface area contributed by atoms with Gasteiger partial charge >= 0.3 is 5.97 Å². The zero-order chi connectivity index (χ0) is 9.44. The molecule has 0 bridgehead atoms. The van der Waals surface area contributed by atoms with Gasteiger partial charge in [-0.15, -0.1) is 0 Å². The van der Waals surface area contributed by atoms with Crippen LogP contribution in [0.1, 0.15) is 27.2 Å². The predicted molar refractivity (Wildman–Crippen MR) is 39.3 cm³/mol. The van der Waals surface area contributed by atoms with E-state index < -0.39 is 5.97 Å². The van der Waals surface area contributed by atoms with Gasteiger partial charge < -0.3 is 5.11 Å². The van der Waals surface area contributed by atoms with Crippen LogP contribution in [-0.2, 0) is 14.4 Å². The number of hydrogen-bond acceptors (Lipinski definition) is 3. The number of hydrogen-bond donors (Lipinski definition) is 1. The molecule has 0 unspecified atom stereocenters. The standard InChI is InChI=1S/C4H6O2.C3H6O2/c1-3(5)4(2)6;1-2-3(4)5/h1-2H3;2H2,1H3,(H,4,5). The molecule has 0 aliphatic heterocycles. The van der Waals surface area contributed by atoms with E-state index in [-0.39, 0.29) is 18.0 Å². The van der Waals surface area contributed by atoms with Gasteiger partial charge in [-0.05, 0) is 0 Å². The summed E-state index contributed by atoms with van der Waals surface area (Å²) in [5.74, 6) is -1.50. The molecule has 4 nitrogen and oxygen atoms in total. The van der Waals surface area contributed by atoms with Crippen LogP contribution in [0.2, 0.25) is 0 Å². The molecule has 0 rings (SSSR count). The molecule has 0 saturated carbocycles. The Labute approximate surface area is 65.2 Å². The molecule has 0 spiro atoms. The van der Waals surface area contributed by atoms with Crippen molar-refractivity contribution in [3.63, 3.8) is 0 Å². The monoisotopic (exact) mass is 160 g/mol. The number of carbonyl (C=O) groups is 3. The highest BCUT2D eigenvalue weighted by atomic mass is 16.4. The molecule has 0 aromatic heterocycles. The first kappa shape index (κ1) is 12.5. The summed E-state index contributed by atoms with van der Waals surface area (Å²) in [6.07, 6.45) is 0.222. The van der Waals surface area contributed by atoms with Crippen molar-refractivity contribution in [1.29, 1.82) is 0 Å². The molecule has 1 N–H and O–H groups in total. The molecule has 0 saturated heterocycles. The Morgan fingerprint density at radius 2 is 1.27 bits per heavy atom. The van der Waals surface area contributed by atoms with Crippen molar-refractivity contribution in [1.82, 2.24) is 0 Å². The van der Waals surface area contributed by atoms with Gasteiger partial charge in [-0.1, -0.05) is 6.92 Å². The maximum absolute atomic E-state index is 9.79. The second-order valence-corrected chi connectivity index (χ2v) is 1.86. The minimum absolute atomic E-state index is 0.222. The quantitative estimate of drug-likeness (QED) is 0.602. The number of carbonyl (C=O) groups excluding carboxylic acids is 2. The van der Waals surface area contributed by atoms with Crippen LogP contribution in [0.15, 0.2) is 0 Å². The Morgan fingerprint density at radius 3 is 1.27 bits per heavy atom. The Balaban J connectivity index is 0. The Bertz CT molecular complexity index is 148. The first-order chi connectivity index (χ1) is 4.91. The fourth-order valence-electron chi connectivity index (χ4n) is 0. The normalized spacial score (nSPS) is 7.55. The summed E-state index contributed by atoms with van der Waals surface area (Å²) < 4.78 is 0. The number of ketones is 2. The third-order valence-corrected chi connectivity index (χ3v) is 0.798. The fraction of sp³-hybridized carbons (Fsp3) is 0.571. The van der Waals surface area contributed by atoms with Gasteiger partial charge in [0.15, 0.2) is 11.6 Å². The first-order valence-corrected chi connectivity index (χ1v) is 3.15. The van der Waals surface area contributed by atoms with E-state index in [0.29, 0.717) is 0 Å². The highest BCUT2D eigenvalue weighted by Crippen LogP contribution is 1.67. The summed E-state index contributed by atoms with van der Waals surface area (Å²) in [7, 11) is 0. The predicted octanol–water partition coefficient (Wildman–Crippen LogP) is 0.645. The average Bonchev–Trinajstić information content (AvgIpc) is 1.89. The maximum atomic E-state index is 9.79. The second-order valence-electron chi connectivity index (χ2n) is 1.86. The molecule has 0 heterocycles. The third-order valence-electron chi connectivity index (χ3n) is 0.798. The van der Waals surface area contributed by atoms with Gasteiger partial charge in [-0.3, -0.25) is 14.4 Å². The zero-order valence-electron chi connectivity index (χ0n) is 6.88. The smallest absolute Gasteiger partial charge is 0.303 e. The Kier molecular flexibility index (Phi) is 7.86. The van der Waals surface area contributed by atoms with Gasteiger partial charge in [-0.25, -0.2) is 0 Å². The molecule has 0 aliphatic rings. The first-order valence-electron chi connectivity index (χ1n) is 3.15. The molecular weight excluding hydrogens is 148 g/mol. The lowest BCUT2D eigenvalue weighted by atomic mass is 10.3. The summed E-state index contributed by atoms with van der Waals surface area (Å²) in [4.78, 5) is 29.0. The van der Waals surface area contributed by atoms with Crippen LogP contribution in [0.25, 0.3) is 0 Å². The van der Waals surface area contributed by atoms with Crippen LogP contribution in [0.5, 0.6) is 0 Å². The van der Waals surface area contributed by atoms with Gasteiger partial charge in [0, 0.05) is 20.3 Å². The molecule has 0 aromatic carbocycles. The van der Waals surface area contributed by atoms with Crippen molar-refractivity contribution in [3.05, 3.63) is 0 Å². The van der Waals surface area contributed by atoms with Crippen LogP contribution in [0, 0.1) is 0 Å². The third kappa shape index (κ3) is 17.7. The molecule has 64 valence electrons. The number of carboxylic acids is 1. The van der Waals surface area contributed by atoms with Crippen LogP contribution >= 0.6 is 0 Å². The van der Waals surface area contributed by atoms with Crippen molar-refractivity contribution in [2.45, 2.75) is 27.2 Å². The molecule has 0 radical (unpaired) electrons. The molecule has 11 heavy (non-hydrogen) atoms. The number of carboxylic acid groups (broad SMARTS) is 1. The van der Waals surface area contributed by atoms with E-state index in [9.17, 15) is 14.4 Å². The average molecular weight is 160 g/mol. The number of rotatable bonds is 2. The second kappa shape index (κ2) is 6.92. The lowest BCUT2D eigenvalue weighted by Gasteiger charge is -1.73. The van der Waals surface area contributed by atoms with Gasteiger partial charge in [0.25, 0.3) is 0 Å². The summed E-state index contributed by atoms with van der Waals surface area (Å²) in [6.45, 7) is 4.10. The Morgan fingerprint density at radius 1 is 1.09 bits per heavy atom. The van der Waals surface area contributed by atoms with E-state index in [4.69, 9.17) is 5.11 Å². The van der Waals surface area contributed by atoms with Gasteiger partial charge in [0.05, 0.1) is 0 Å². The molecular formula is C7H12O4. The Hall–Kier alpha value is -1.19. The summed E-state index contributed by atoms with van der Waals surface area (Å²) in [5.41, 5.74) is 0. The summed E-state index contributed by atoms with van der Waals surface area (Å²) in [5, 5.41) is 7.72. The topological polar surface area (TPSA) is 71.4 Å².